The van der Waals surface area contributed by atoms with E-state index in [1.165, 1.54) is 0 Å². The van der Waals surface area contributed by atoms with Crippen molar-refractivity contribution >= 4 is 0 Å². The van der Waals surface area contributed by atoms with Crippen molar-refractivity contribution in [3.63, 3.8) is 0 Å². The van der Waals surface area contributed by atoms with E-state index in [4.69, 9.17) is 9.47 Å². The van der Waals surface area contributed by atoms with Crippen LogP contribution < -0.4 is 4.74 Å². The smallest absolute Gasteiger partial charge is 0.127 e. The van der Waals surface area contributed by atoms with E-state index in [2.05, 4.69) is 25.3 Å². The maximum Gasteiger partial charge on any atom is 0.127 e. The number of hydrogen-bond acceptors (Lipinski definition) is 2. The van der Waals surface area contributed by atoms with Gasteiger partial charge in [0.15, 0.2) is 0 Å². The number of rotatable bonds is 7. The fraction of sp³-hybridized carbons (Fsp3) is 0.200. The normalized spacial score (nSPS) is 9.18. The van der Waals surface area contributed by atoms with Crippen LogP contribution in [0.4, 0.5) is 0 Å². The molecule has 0 heterocycles. The predicted octanol–water partition coefficient (Wildman–Crippen LogP) is 5.47. The minimum atomic E-state index is 0.452. The molecule has 2 aromatic carbocycles. The second-order valence-corrected chi connectivity index (χ2v) is 4.23. The lowest BCUT2D eigenvalue weighted by molar-refractivity contribution is 0.165. The molecule has 0 amide bonds. The second-order valence-electron chi connectivity index (χ2n) is 4.23. The van der Waals surface area contributed by atoms with Crippen LogP contribution in [0.5, 0.6) is 5.75 Å². The van der Waals surface area contributed by atoms with Crippen molar-refractivity contribution in [2.45, 2.75) is 13.8 Å². The topological polar surface area (TPSA) is 18.5 Å². The van der Waals surface area contributed by atoms with Crippen molar-refractivity contribution in [2.24, 2.45) is 0 Å². The Bertz CT molecular complexity index is 573. The lowest BCUT2D eigenvalue weighted by Crippen LogP contribution is -2.06. The van der Waals surface area contributed by atoms with Crippen molar-refractivity contribution in [3.05, 3.63) is 79.6 Å². The Morgan fingerprint density at radius 1 is 0.955 bits per heavy atom. The number of benzene rings is 2. The highest BCUT2D eigenvalue weighted by Crippen LogP contribution is 2.29. The van der Waals surface area contributed by atoms with Crippen LogP contribution in [-0.4, -0.2) is 13.2 Å². The van der Waals surface area contributed by atoms with Gasteiger partial charge in [0.1, 0.15) is 24.7 Å². The molecular formula is C20H24O2. The third-order valence-electron chi connectivity index (χ3n) is 2.83. The number of para-hydroxylation sites is 1. The van der Waals surface area contributed by atoms with E-state index in [0.29, 0.717) is 19.0 Å². The molecule has 116 valence electrons. The summed E-state index contributed by atoms with van der Waals surface area (Å²) >= 11 is 0. The second kappa shape index (κ2) is 10.3. The van der Waals surface area contributed by atoms with Gasteiger partial charge < -0.3 is 9.47 Å². The Morgan fingerprint density at radius 3 is 2.27 bits per heavy atom. The summed E-state index contributed by atoms with van der Waals surface area (Å²) in [6, 6.07) is 18.2. The summed E-state index contributed by atoms with van der Waals surface area (Å²) in [6.45, 7) is 12.2. The van der Waals surface area contributed by atoms with Crippen LogP contribution in [-0.2, 0) is 4.74 Å². The van der Waals surface area contributed by atoms with Gasteiger partial charge in [-0.2, -0.15) is 0 Å². The van der Waals surface area contributed by atoms with Gasteiger partial charge in [0.2, 0.25) is 0 Å². The largest absolute Gasteiger partial charge is 0.491 e. The molecule has 0 atom stereocenters. The van der Waals surface area contributed by atoms with Crippen LogP contribution in [0.2, 0.25) is 0 Å². The molecule has 0 fully saturated rings. The molecule has 2 nitrogen and oxygen atoms in total. The zero-order valence-corrected chi connectivity index (χ0v) is 13.4. The van der Waals surface area contributed by atoms with E-state index in [1.54, 1.807) is 6.08 Å². The Balaban J connectivity index is 0.00000116. The SMILES string of the molecule is C=CC(=C)OCCOc1ccccc1-c1ccccc1.CC. The van der Waals surface area contributed by atoms with Crippen LogP contribution in [0.25, 0.3) is 11.1 Å². The molecule has 0 spiro atoms. The number of hydrogen-bond donors (Lipinski definition) is 0. The fourth-order valence-electron chi connectivity index (χ4n) is 1.83. The number of allylic oxidation sites excluding steroid dienone is 1. The third-order valence-corrected chi connectivity index (χ3v) is 2.83. The van der Waals surface area contributed by atoms with Crippen molar-refractivity contribution < 1.29 is 9.47 Å². The first-order chi connectivity index (χ1) is 10.8. The Morgan fingerprint density at radius 2 is 1.59 bits per heavy atom. The first kappa shape index (κ1) is 17.6. The van der Waals surface area contributed by atoms with Gasteiger partial charge in [0.25, 0.3) is 0 Å². The van der Waals surface area contributed by atoms with Gasteiger partial charge >= 0.3 is 0 Å². The van der Waals surface area contributed by atoms with Crippen molar-refractivity contribution in [1.82, 2.24) is 0 Å². The van der Waals surface area contributed by atoms with Crippen LogP contribution in [0, 0.1) is 0 Å². The van der Waals surface area contributed by atoms with Crippen LogP contribution >= 0.6 is 0 Å². The van der Waals surface area contributed by atoms with E-state index in [9.17, 15) is 0 Å². The average molecular weight is 296 g/mol. The molecule has 0 radical (unpaired) electrons. The van der Waals surface area contributed by atoms with Crippen LogP contribution in [0.3, 0.4) is 0 Å². The molecule has 0 aromatic heterocycles. The van der Waals surface area contributed by atoms with Crippen molar-refractivity contribution in [2.75, 3.05) is 13.2 Å². The molecule has 0 saturated heterocycles. The Labute approximate surface area is 133 Å². The predicted molar refractivity (Wildman–Crippen MR) is 94.0 cm³/mol. The van der Waals surface area contributed by atoms with E-state index in [-0.39, 0.29) is 0 Å². The summed E-state index contributed by atoms with van der Waals surface area (Å²) in [5, 5.41) is 0. The van der Waals surface area contributed by atoms with Crippen LogP contribution in [0.1, 0.15) is 13.8 Å². The van der Waals surface area contributed by atoms with Gasteiger partial charge in [-0.25, -0.2) is 0 Å². The van der Waals surface area contributed by atoms with Gasteiger partial charge in [-0.1, -0.05) is 75.5 Å². The molecular weight excluding hydrogens is 272 g/mol. The van der Waals surface area contributed by atoms with Gasteiger partial charge in [-0.05, 0) is 17.7 Å². The first-order valence-corrected chi connectivity index (χ1v) is 7.52. The van der Waals surface area contributed by atoms with Crippen molar-refractivity contribution in [3.8, 4) is 16.9 Å². The maximum atomic E-state index is 5.79. The van der Waals surface area contributed by atoms with Crippen molar-refractivity contribution in [1.29, 1.82) is 0 Å². The lowest BCUT2D eigenvalue weighted by Gasteiger charge is -2.12. The Hall–Kier alpha value is -2.48. The highest BCUT2D eigenvalue weighted by Gasteiger charge is 2.04. The zero-order chi connectivity index (χ0) is 16.2. The van der Waals surface area contributed by atoms with Gasteiger partial charge in [-0.3, -0.25) is 0 Å². The molecule has 0 bridgehead atoms. The standard InChI is InChI=1S/C18H18O2.C2H6/c1-3-15(2)19-13-14-20-18-12-8-7-11-17(18)16-9-5-4-6-10-16;1-2/h3-12H,1-2,13-14H2;1-2H3. The molecule has 2 rings (SSSR count). The van der Waals surface area contributed by atoms with E-state index < -0.39 is 0 Å². The Kier molecular flexibility index (Phi) is 8.21. The highest BCUT2D eigenvalue weighted by molar-refractivity contribution is 5.70. The summed E-state index contributed by atoms with van der Waals surface area (Å²) < 4.78 is 11.1. The van der Waals surface area contributed by atoms with Gasteiger partial charge in [0, 0.05) is 5.56 Å². The molecule has 22 heavy (non-hydrogen) atoms. The zero-order valence-electron chi connectivity index (χ0n) is 13.4. The average Bonchev–Trinajstić information content (AvgIpc) is 2.61. The first-order valence-electron chi connectivity index (χ1n) is 7.52. The summed E-state index contributed by atoms with van der Waals surface area (Å²) in [6.07, 6.45) is 1.58. The maximum absolute atomic E-state index is 5.79. The minimum absolute atomic E-state index is 0.452. The molecule has 0 saturated carbocycles. The third kappa shape index (κ3) is 5.49. The molecule has 2 aromatic rings. The summed E-state index contributed by atoms with van der Waals surface area (Å²) in [5.41, 5.74) is 2.22. The molecule has 0 unspecified atom stereocenters. The fourth-order valence-corrected chi connectivity index (χ4v) is 1.83. The highest BCUT2D eigenvalue weighted by atomic mass is 16.5. The molecule has 2 heteroatoms. The van der Waals surface area contributed by atoms with Gasteiger partial charge in [-0.15, -0.1) is 0 Å². The van der Waals surface area contributed by atoms with Gasteiger partial charge in [0.05, 0.1) is 0 Å². The summed E-state index contributed by atoms with van der Waals surface area (Å²) in [7, 11) is 0. The summed E-state index contributed by atoms with van der Waals surface area (Å²) in [4.78, 5) is 0. The lowest BCUT2D eigenvalue weighted by atomic mass is 10.1. The molecule has 0 aliphatic heterocycles. The quantitative estimate of drug-likeness (QED) is 0.383. The van der Waals surface area contributed by atoms with E-state index in [0.717, 1.165) is 16.9 Å². The molecule has 0 aliphatic carbocycles. The molecule has 0 aliphatic rings. The molecule has 0 N–H and O–H groups in total. The van der Waals surface area contributed by atoms with E-state index in [1.807, 2.05) is 56.3 Å². The van der Waals surface area contributed by atoms with E-state index >= 15 is 0 Å². The monoisotopic (exact) mass is 296 g/mol. The number of ether oxygens (including phenoxy) is 2. The van der Waals surface area contributed by atoms with Crippen LogP contribution in [0.15, 0.2) is 79.6 Å². The minimum Gasteiger partial charge on any atom is -0.491 e. The summed E-state index contributed by atoms with van der Waals surface area (Å²) in [5.74, 6) is 1.41.